The molecule has 0 saturated heterocycles. The summed E-state index contributed by atoms with van der Waals surface area (Å²) in [5, 5.41) is 6.75. The van der Waals surface area contributed by atoms with Gasteiger partial charge in [-0.15, -0.1) is 0 Å². The van der Waals surface area contributed by atoms with Gasteiger partial charge in [-0.2, -0.15) is 5.10 Å². The van der Waals surface area contributed by atoms with E-state index in [-0.39, 0.29) is 0 Å². The number of hydrazone groups is 1. The van der Waals surface area contributed by atoms with Gasteiger partial charge in [-0.05, 0) is 44.0 Å². The first-order valence-corrected chi connectivity index (χ1v) is 6.96. The first-order valence-electron chi connectivity index (χ1n) is 6.96. The number of aromatic nitrogens is 1. The molecule has 0 spiro atoms. The number of hydrogen-bond donors (Lipinski definition) is 0. The normalized spacial score (nSPS) is 16.9. The largest absolute Gasteiger partial charge is 0.264 e. The SMILES string of the molecule is CC(C)=NN1CC(c2ccc(C)nc2)c2ccccc21. The zero-order chi connectivity index (χ0) is 14.1. The van der Waals surface area contributed by atoms with Crippen LogP contribution in [0, 0.1) is 6.92 Å². The predicted molar refractivity (Wildman–Crippen MR) is 83.4 cm³/mol. The third-order valence-electron chi connectivity index (χ3n) is 3.60. The van der Waals surface area contributed by atoms with Crippen LogP contribution in [0.5, 0.6) is 0 Å². The lowest BCUT2D eigenvalue weighted by Crippen LogP contribution is -2.16. The van der Waals surface area contributed by atoms with Crippen LogP contribution in [0.4, 0.5) is 5.69 Å². The average Bonchev–Trinajstić information content (AvgIpc) is 2.78. The van der Waals surface area contributed by atoms with Gasteiger partial charge in [0, 0.05) is 23.5 Å². The summed E-state index contributed by atoms with van der Waals surface area (Å²) in [4.78, 5) is 4.43. The standard InChI is InChI=1S/C17H19N3/c1-12(2)19-20-11-16(14-9-8-13(3)18-10-14)15-6-4-5-7-17(15)20/h4-10,16H,11H2,1-3H3. The maximum atomic E-state index is 4.64. The van der Waals surface area contributed by atoms with Gasteiger partial charge in [-0.25, -0.2) is 0 Å². The third kappa shape index (κ3) is 2.31. The molecule has 0 bridgehead atoms. The van der Waals surface area contributed by atoms with Crippen molar-refractivity contribution in [2.45, 2.75) is 26.7 Å². The Labute approximate surface area is 120 Å². The van der Waals surface area contributed by atoms with Gasteiger partial charge >= 0.3 is 0 Å². The maximum Gasteiger partial charge on any atom is 0.0633 e. The lowest BCUT2D eigenvalue weighted by molar-refractivity contribution is 0.799. The van der Waals surface area contributed by atoms with Gasteiger partial charge in [0.1, 0.15) is 0 Å². The Morgan fingerprint density at radius 2 is 2.00 bits per heavy atom. The van der Waals surface area contributed by atoms with E-state index < -0.39 is 0 Å². The topological polar surface area (TPSA) is 28.5 Å². The molecule has 0 fully saturated rings. The van der Waals surface area contributed by atoms with E-state index in [0.29, 0.717) is 5.92 Å². The first-order chi connectivity index (χ1) is 9.65. The van der Waals surface area contributed by atoms with Crippen molar-refractivity contribution in [1.82, 2.24) is 4.98 Å². The van der Waals surface area contributed by atoms with Crippen molar-refractivity contribution in [2.24, 2.45) is 5.10 Å². The van der Waals surface area contributed by atoms with Crippen molar-refractivity contribution < 1.29 is 0 Å². The van der Waals surface area contributed by atoms with Gasteiger partial charge < -0.3 is 0 Å². The van der Waals surface area contributed by atoms with E-state index in [0.717, 1.165) is 18.0 Å². The molecule has 2 heterocycles. The highest BCUT2D eigenvalue weighted by Crippen LogP contribution is 2.39. The summed E-state index contributed by atoms with van der Waals surface area (Å²) in [5.41, 5.74) is 5.93. The molecular formula is C17H19N3. The second-order valence-corrected chi connectivity index (χ2v) is 5.47. The molecule has 1 aliphatic heterocycles. The van der Waals surface area contributed by atoms with Gasteiger partial charge in [0.2, 0.25) is 0 Å². The number of hydrogen-bond acceptors (Lipinski definition) is 3. The van der Waals surface area contributed by atoms with E-state index in [9.17, 15) is 0 Å². The highest BCUT2D eigenvalue weighted by Gasteiger charge is 2.29. The van der Waals surface area contributed by atoms with Crippen LogP contribution in [-0.4, -0.2) is 17.2 Å². The van der Waals surface area contributed by atoms with E-state index in [4.69, 9.17) is 0 Å². The lowest BCUT2D eigenvalue weighted by Gasteiger charge is -2.14. The van der Waals surface area contributed by atoms with Gasteiger partial charge in [0.25, 0.3) is 0 Å². The van der Waals surface area contributed by atoms with Gasteiger partial charge in [-0.1, -0.05) is 24.3 Å². The maximum absolute atomic E-state index is 4.64. The molecule has 0 saturated carbocycles. The molecule has 1 unspecified atom stereocenters. The number of aryl methyl sites for hydroxylation is 1. The van der Waals surface area contributed by atoms with Crippen LogP contribution in [0.2, 0.25) is 0 Å². The summed E-state index contributed by atoms with van der Waals surface area (Å²) >= 11 is 0. The summed E-state index contributed by atoms with van der Waals surface area (Å²) in [5.74, 6) is 0.349. The summed E-state index contributed by atoms with van der Waals surface area (Å²) in [6, 6.07) is 12.8. The molecule has 20 heavy (non-hydrogen) atoms. The monoisotopic (exact) mass is 265 g/mol. The van der Waals surface area contributed by atoms with Gasteiger partial charge in [-0.3, -0.25) is 9.99 Å². The van der Waals surface area contributed by atoms with E-state index in [2.05, 4.69) is 51.5 Å². The van der Waals surface area contributed by atoms with E-state index in [1.807, 2.05) is 27.0 Å². The van der Waals surface area contributed by atoms with E-state index >= 15 is 0 Å². The van der Waals surface area contributed by atoms with Crippen molar-refractivity contribution >= 4 is 11.4 Å². The van der Waals surface area contributed by atoms with Crippen molar-refractivity contribution in [3.05, 3.63) is 59.4 Å². The number of nitrogens with zero attached hydrogens (tertiary/aromatic N) is 3. The molecule has 1 aliphatic rings. The number of fused-ring (bicyclic) bond motifs is 1. The zero-order valence-electron chi connectivity index (χ0n) is 12.2. The minimum absolute atomic E-state index is 0.349. The Bertz CT molecular complexity index is 640. The average molecular weight is 265 g/mol. The predicted octanol–water partition coefficient (Wildman–Crippen LogP) is 3.74. The van der Waals surface area contributed by atoms with E-state index in [1.54, 1.807) is 0 Å². The Hall–Kier alpha value is -2.16. The molecular weight excluding hydrogens is 246 g/mol. The van der Waals surface area contributed by atoms with Crippen molar-refractivity contribution in [2.75, 3.05) is 11.6 Å². The molecule has 0 N–H and O–H groups in total. The smallest absolute Gasteiger partial charge is 0.0633 e. The number of para-hydroxylation sites is 1. The summed E-state index contributed by atoms with van der Waals surface area (Å²) in [7, 11) is 0. The highest BCUT2D eigenvalue weighted by atomic mass is 15.5. The number of rotatable bonds is 2. The molecule has 102 valence electrons. The van der Waals surface area contributed by atoms with Crippen LogP contribution in [-0.2, 0) is 0 Å². The van der Waals surface area contributed by atoms with Gasteiger partial charge in [0.05, 0.1) is 12.2 Å². The number of pyridine rings is 1. The van der Waals surface area contributed by atoms with Crippen LogP contribution in [0.3, 0.4) is 0 Å². The minimum atomic E-state index is 0.349. The summed E-state index contributed by atoms with van der Waals surface area (Å²) in [6.45, 7) is 6.96. The zero-order valence-corrected chi connectivity index (χ0v) is 12.2. The van der Waals surface area contributed by atoms with E-state index in [1.165, 1.54) is 16.8 Å². The van der Waals surface area contributed by atoms with Crippen LogP contribution in [0.1, 0.15) is 36.6 Å². The molecule has 1 aromatic carbocycles. The van der Waals surface area contributed by atoms with Crippen molar-refractivity contribution in [3.8, 4) is 0 Å². The molecule has 2 aromatic rings. The Morgan fingerprint density at radius 1 is 1.20 bits per heavy atom. The number of benzene rings is 1. The Balaban J connectivity index is 2.02. The molecule has 0 amide bonds. The molecule has 3 nitrogen and oxygen atoms in total. The summed E-state index contributed by atoms with van der Waals surface area (Å²) < 4.78 is 0. The second-order valence-electron chi connectivity index (χ2n) is 5.47. The molecule has 1 atom stereocenters. The first kappa shape index (κ1) is 12.9. The molecule has 0 radical (unpaired) electrons. The van der Waals surface area contributed by atoms with Gasteiger partial charge in [0.15, 0.2) is 0 Å². The Morgan fingerprint density at radius 3 is 2.70 bits per heavy atom. The molecule has 3 rings (SSSR count). The molecule has 0 aliphatic carbocycles. The van der Waals surface area contributed by atoms with Crippen LogP contribution >= 0.6 is 0 Å². The fraction of sp³-hybridized carbons (Fsp3) is 0.294. The third-order valence-corrected chi connectivity index (χ3v) is 3.60. The van der Waals surface area contributed by atoms with Crippen LogP contribution in [0.25, 0.3) is 0 Å². The second kappa shape index (κ2) is 5.08. The molecule has 3 heteroatoms. The van der Waals surface area contributed by atoms with Crippen LogP contribution in [0.15, 0.2) is 47.7 Å². The van der Waals surface area contributed by atoms with Crippen molar-refractivity contribution in [3.63, 3.8) is 0 Å². The quantitative estimate of drug-likeness (QED) is 0.774. The lowest BCUT2D eigenvalue weighted by atomic mass is 9.94. The summed E-state index contributed by atoms with van der Waals surface area (Å²) in [6.07, 6.45) is 1.99. The Kier molecular flexibility index (Phi) is 3.26. The molecule has 1 aromatic heterocycles. The van der Waals surface area contributed by atoms with Crippen molar-refractivity contribution in [1.29, 1.82) is 0 Å². The fourth-order valence-electron chi connectivity index (χ4n) is 2.69. The fourth-order valence-corrected chi connectivity index (χ4v) is 2.69. The minimum Gasteiger partial charge on any atom is -0.264 e. The number of anilines is 1. The van der Waals surface area contributed by atoms with Crippen LogP contribution < -0.4 is 5.01 Å². The highest BCUT2D eigenvalue weighted by molar-refractivity contribution is 5.80.